The molecule has 0 unspecified atom stereocenters. The molecule has 1 aromatic carbocycles. The van der Waals surface area contributed by atoms with Crippen LogP contribution in [0.4, 0.5) is 0 Å². The summed E-state index contributed by atoms with van der Waals surface area (Å²) in [4.78, 5) is 130. The normalized spacial score (nSPS) is 16.1. The molecule has 8 atom stereocenters. The van der Waals surface area contributed by atoms with Crippen LogP contribution < -0.4 is 49.1 Å². The lowest BCUT2D eigenvalue weighted by molar-refractivity contribution is -0.140. The van der Waals surface area contributed by atoms with Crippen molar-refractivity contribution in [3.8, 4) is 0 Å². The topological polar surface area (TPSA) is 372 Å². The van der Waals surface area contributed by atoms with E-state index in [1.54, 1.807) is 20.0 Å². The molecule has 23 heteroatoms. The largest absolute Gasteiger partial charge is 0.390 e. The predicted octanol–water partition coefficient (Wildman–Crippen LogP) is -0.825. The summed E-state index contributed by atoms with van der Waals surface area (Å²) in [7, 11) is 1.35. The highest BCUT2D eigenvalue weighted by Crippen LogP contribution is 2.28. The second kappa shape index (κ2) is 27.7. The maximum atomic E-state index is 14.0. The Balaban J connectivity index is 1.40. The van der Waals surface area contributed by atoms with Gasteiger partial charge in [0.1, 0.15) is 30.2 Å². The molecule has 2 heterocycles. The van der Waals surface area contributed by atoms with Gasteiger partial charge in [0.15, 0.2) is 0 Å². The number of aliphatic hydroxyl groups is 1. The Morgan fingerprint density at radius 1 is 0.792 bits per heavy atom. The second-order valence-electron chi connectivity index (χ2n) is 19.7. The molecule has 0 spiro atoms. The van der Waals surface area contributed by atoms with Crippen molar-refractivity contribution in [1.29, 1.82) is 0 Å². The summed E-state index contributed by atoms with van der Waals surface area (Å²) in [5.41, 5.74) is 18.8. The first-order valence-electron chi connectivity index (χ1n) is 24.6. The molecule has 3 aromatic rings. The number of aromatic amines is 2. The first-order valence-corrected chi connectivity index (χ1v) is 24.6. The number of benzene rings is 1. The molecule has 1 aliphatic rings. The minimum atomic E-state index is -1.38. The van der Waals surface area contributed by atoms with E-state index in [4.69, 9.17) is 17.2 Å². The molecule has 0 aliphatic heterocycles. The van der Waals surface area contributed by atoms with Crippen LogP contribution in [0.25, 0.3) is 10.9 Å². The van der Waals surface area contributed by atoms with Gasteiger partial charge in [-0.1, -0.05) is 71.6 Å². The van der Waals surface area contributed by atoms with Crippen LogP contribution in [0.15, 0.2) is 43.0 Å². The Bertz CT molecular complexity index is 2330. The molecular weight excluding hydrogens is 931 g/mol. The van der Waals surface area contributed by atoms with E-state index < -0.39 is 120 Å². The Morgan fingerprint density at radius 3 is 2.07 bits per heavy atom. The van der Waals surface area contributed by atoms with Gasteiger partial charge >= 0.3 is 0 Å². The molecule has 1 saturated carbocycles. The van der Waals surface area contributed by atoms with E-state index in [-0.39, 0.29) is 43.9 Å². The van der Waals surface area contributed by atoms with Crippen molar-refractivity contribution >= 4 is 64.1 Å². The van der Waals surface area contributed by atoms with Crippen molar-refractivity contribution in [3.05, 3.63) is 54.2 Å². The average Bonchev–Trinajstić information content (AvgIpc) is 4.12. The molecule has 0 radical (unpaired) electrons. The number of rotatable bonds is 29. The fourth-order valence-electron chi connectivity index (χ4n) is 8.72. The number of aliphatic hydroxyl groups excluding tert-OH is 1. The molecule has 1 aliphatic carbocycles. The minimum absolute atomic E-state index is 0.00234. The number of imidazole rings is 1. The lowest BCUT2D eigenvalue weighted by Crippen LogP contribution is -2.59. The highest BCUT2D eigenvalue weighted by molar-refractivity contribution is 5.96. The van der Waals surface area contributed by atoms with Crippen LogP contribution >= 0.6 is 0 Å². The Kier molecular flexibility index (Phi) is 22.2. The van der Waals surface area contributed by atoms with Crippen LogP contribution in [-0.2, 0) is 56.0 Å². The molecule has 9 amide bonds. The van der Waals surface area contributed by atoms with Crippen molar-refractivity contribution in [1.82, 2.24) is 51.8 Å². The number of carbonyl (C=O) groups excluding carboxylic acids is 9. The average molecular weight is 1010 g/mol. The van der Waals surface area contributed by atoms with Gasteiger partial charge in [0.25, 0.3) is 0 Å². The van der Waals surface area contributed by atoms with E-state index in [0.717, 1.165) is 41.5 Å². The monoisotopic (exact) mass is 1010 g/mol. The third-order valence-electron chi connectivity index (χ3n) is 12.8. The van der Waals surface area contributed by atoms with Crippen molar-refractivity contribution in [3.63, 3.8) is 0 Å². The zero-order chi connectivity index (χ0) is 53.2. The molecule has 396 valence electrons. The van der Waals surface area contributed by atoms with Crippen molar-refractivity contribution < 1.29 is 48.3 Å². The van der Waals surface area contributed by atoms with Crippen molar-refractivity contribution in [2.24, 2.45) is 35.0 Å². The minimum Gasteiger partial charge on any atom is -0.390 e. The van der Waals surface area contributed by atoms with Crippen LogP contribution in [0.2, 0.25) is 0 Å². The number of likely N-dealkylation sites (N-methyl/N-ethyl adjacent to an activating group) is 1. The van der Waals surface area contributed by atoms with Crippen LogP contribution in [0.3, 0.4) is 0 Å². The number of carbonyl (C=O) groups is 9. The molecule has 1 fully saturated rings. The van der Waals surface area contributed by atoms with E-state index in [9.17, 15) is 48.3 Å². The summed E-state index contributed by atoms with van der Waals surface area (Å²) in [6, 6.07) is -0.524. The standard InChI is InChI=1S/C49H75N13O10/c1-26(2)17-35(39(63)21-41(65)57-36(44(52)67)18-29-11-7-8-12-29)59-48(71)38(20-31-23-53-25-55-31)58-42(66)24-62(6)49(72)43(27(3)4)61-45(68)28(5)56-47(70)37(60-46(69)33(50)15-16-40(51)64)19-30-22-54-34-14-10-9-13-32(30)34/h9-10,13-14,22-23,25-29,33,35-39,43,54,63H,7-8,11-12,15-21,24,50H2,1-6H3,(H2,51,64)(H2,52,67)(H,53,55)(H,56,70)(H,57,65)(H,58,66)(H,59,71)(H,60,69)(H,61,68)/t28-,33-,35-,36-,37-,38-,39-,43-/m0/s1. The van der Waals surface area contributed by atoms with E-state index in [2.05, 4.69) is 46.9 Å². The number of primary amides is 2. The number of fused-ring (bicyclic) bond motifs is 1. The molecule has 0 saturated heterocycles. The van der Waals surface area contributed by atoms with Crippen LogP contribution in [-0.4, -0.2) is 140 Å². The first kappa shape index (κ1) is 57.7. The van der Waals surface area contributed by atoms with Crippen LogP contribution in [0.5, 0.6) is 0 Å². The third-order valence-corrected chi connectivity index (χ3v) is 12.8. The third kappa shape index (κ3) is 18.1. The number of H-pyrrole nitrogens is 2. The summed E-state index contributed by atoms with van der Waals surface area (Å²) in [6.45, 7) is 7.95. The molecule has 72 heavy (non-hydrogen) atoms. The summed E-state index contributed by atoms with van der Waals surface area (Å²) in [5.74, 6) is -6.49. The van der Waals surface area contributed by atoms with Gasteiger partial charge in [-0.15, -0.1) is 0 Å². The van der Waals surface area contributed by atoms with Gasteiger partial charge in [-0.25, -0.2) is 4.98 Å². The maximum Gasteiger partial charge on any atom is 0.245 e. The summed E-state index contributed by atoms with van der Waals surface area (Å²) < 4.78 is 0. The van der Waals surface area contributed by atoms with Crippen molar-refractivity contribution in [2.75, 3.05) is 13.6 Å². The molecule has 23 nitrogen and oxygen atoms in total. The van der Waals surface area contributed by atoms with E-state index in [1.165, 1.54) is 26.5 Å². The van der Waals surface area contributed by atoms with Gasteiger partial charge < -0.3 is 69.1 Å². The van der Waals surface area contributed by atoms with Crippen LogP contribution in [0.1, 0.15) is 104 Å². The van der Waals surface area contributed by atoms with Gasteiger partial charge in [-0.05, 0) is 55.6 Å². The molecule has 0 bridgehead atoms. The quantitative estimate of drug-likeness (QED) is 0.0406. The number of hydrogen-bond acceptors (Lipinski definition) is 12. The van der Waals surface area contributed by atoms with Crippen molar-refractivity contribution in [2.45, 2.75) is 154 Å². The van der Waals surface area contributed by atoms with Gasteiger partial charge in [-0.2, -0.15) is 0 Å². The zero-order valence-corrected chi connectivity index (χ0v) is 42.1. The lowest BCUT2D eigenvalue weighted by Gasteiger charge is -2.30. The van der Waals surface area contributed by atoms with Gasteiger partial charge in [-0.3, -0.25) is 43.2 Å². The maximum absolute atomic E-state index is 14.0. The number of hydrogen-bond donors (Lipinski definition) is 12. The second-order valence-corrected chi connectivity index (χ2v) is 19.7. The number of nitrogens with one attached hydrogen (secondary N) is 8. The lowest BCUT2D eigenvalue weighted by atomic mass is 9.95. The fraction of sp³-hybridized carbons (Fsp3) is 0.592. The first-order chi connectivity index (χ1) is 34.0. The Labute approximate surface area is 419 Å². The molecule has 2 aromatic heterocycles. The summed E-state index contributed by atoms with van der Waals surface area (Å²) in [5, 5.41) is 28.2. The summed E-state index contributed by atoms with van der Waals surface area (Å²) >= 11 is 0. The molecular formula is C49H75N13O10. The van der Waals surface area contributed by atoms with Gasteiger partial charge in [0.05, 0.1) is 37.5 Å². The smallest absolute Gasteiger partial charge is 0.245 e. The van der Waals surface area contributed by atoms with Crippen LogP contribution in [0, 0.1) is 17.8 Å². The number of amides is 9. The Hall–Kier alpha value is -6.88. The molecule has 4 rings (SSSR count). The highest BCUT2D eigenvalue weighted by atomic mass is 16.3. The zero-order valence-electron chi connectivity index (χ0n) is 42.1. The number of nitrogens with zero attached hydrogens (tertiary/aromatic N) is 2. The number of para-hydroxylation sites is 1. The SMILES string of the molecule is CC(C)C[C@H](NC(=O)[C@H](Cc1cnc[nH]1)NC(=O)CN(C)C(=O)[C@@H](NC(=O)[C@H](C)NC(=O)[C@H](Cc1c[nH]c2ccccc12)NC(=O)[C@@H](N)CCC(N)=O)C(C)C)[C@@H](O)CC(=O)N[C@@H](CC1CCCC1)C(N)=O. The molecule has 15 N–H and O–H groups in total. The van der Waals surface area contributed by atoms with E-state index in [1.807, 2.05) is 38.1 Å². The summed E-state index contributed by atoms with van der Waals surface area (Å²) in [6.07, 6.45) is 7.11. The predicted molar refractivity (Wildman–Crippen MR) is 266 cm³/mol. The number of aromatic nitrogens is 3. The van der Waals surface area contributed by atoms with E-state index in [0.29, 0.717) is 17.7 Å². The fourth-order valence-corrected chi connectivity index (χ4v) is 8.72. The van der Waals surface area contributed by atoms with E-state index >= 15 is 0 Å². The van der Waals surface area contributed by atoms with Gasteiger partial charge in [0, 0.05) is 55.3 Å². The highest BCUT2D eigenvalue weighted by Gasteiger charge is 2.34. The Morgan fingerprint density at radius 2 is 1.44 bits per heavy atom. The number of nitrogens with two attached hydrogens (primary N) is 3. The van der Waals surface area contributed by atoms with Gasteiger partial charge in [0.2, 0.25) is 53.2 Å².